The lowest BCUT2D eigenvalue weighted by Crippen LogP contribution is -2.17. The molecule has 0 radical (unpaired) electrons. The SMILES string of the molecule is CN[C@@H]1COc2cc(C(F)(F)F)cc(Cl)c21. The van der Waals surface area contributed by atoms with Gasteiger partial charge in [-0.25, -0.2) is 0 Å². The molecule has 88 valence electrons. The molecular weight excluding hydrogens is 243 g/mol. The van der Waals surface area contributed by atoms with E-state index in [4.69, 9.17) is 16.3 Å². The molecule has 0 amide bonds. The Bertz CT molecular complexity index is 419. The summed E-state index contributed by atoms with van der Waals surface area (Å²) in [5, 5.41) is 3.01. The minimum Gasteiger partial charge on any atom is -0.491 e. The van der Waals surface area contributed by atoms with Gasteiger partial charge in [-0.2, -0.15) is 13.2 Å². The molecule has 2 rings (SSSR count). The second kappa shape index (κ2) is 3.82. The van der Waals surface area contributed by atoms with E-state index in [0.29, 0.717) is 12.2 Å². The van der Waals surface area contributed by atoms with Crippen molar-refractivity contribution < 1.29 is 17.9 Å². The van der Waals surface area contributed by atoms with Crippen LogP contribution in [-0.4, -0.2) is 13.7 Å². The smallest absolute Gasteiger partial charge is 0.416 e. The molecule has 1 heterocycles. The van der Waals surface area contributed by atoms with Gasteiger partial charge in [-0.1, -0.05) is 11.6 Å². The number of halogens is 4. The third-order valence-electron chi connectivity index (χ3n) is 2.52. The topological polar surface area (TPSA) is 21.3 Å². The van der Waals surface area contributed by atoms with E-state index in [0.717, 1.165) is 12.1 Å². The van der Waals surface area contributed by atoms with Gasteiger partial charge in [0, 0.05) is 10.6 Å². The van der Waals surface area contributed by atoms with E-state index in [9.17, 15) is 13.2 Å². The van der Waals surface area contributed by atoms with Crippen molar-refractivity contribution in [3.8, 4) is 5.75 Å². The molecule has 0 saturated carbocycles. The van der Waals surface area contributed by atoms with E-state index in [2.05, 4.69) is 5.32 Å². The Morgan fingerprint density at radius 2 is 2.12 bits per heavy atom. The number of rotatable bonds is 1. The quantitative estimate of drug-likeness (QED) is 0.828. The predicted molar refractivity (Wildman–Crippen MR) is 53.7 cm³/mol. The number of nitrogens with one attached hydrogen (secondary N) is 1. The highest BCUT2D eigenvalue weighted by Crippen LogP contribution is 2.42. The molecule has 1 aromatic carbocycles. The van der Waals surface area contributed by atoms with Gasteiger partial charge in [-0.15, -0.1) is 0 Å². The van der Waals surface area contributed by atoms with Gasteiger partial charge < -0.3 is 10.1 Å². The molecule has 16 heavy (non-hydrogen) atoms. The lowest BCUT2D eigenvalue weighted by molar-refractivity contribution is -0.137. The highest BCUT2D eigenvalue weighted by Gasteiger charge is 2.35. The lowest BCUT2D eigenvalue weighted by atomic mass is 10.1. The van der Waals surface area contributed by atoms with Crippen molar-refractivity contribution in [1.29, 1.82) is 0 Å². The highest BCUT2D eigenvalue weighted by atomic mass is 35.5. The van der Waals surface area contributed by atoms with Gasteiger partial charge in [-0.05, 0) is 19.2 Å². The van der Waals surface area contributed by atoms with Crippen LogP contribution >= 0.6 is 11.6 Å². The maximum absolute atomic E-state index is 12.5. The largest absolute Gasteiger partial charge is 0.491 e. The Morgan fingerprint density at radius 3 is 2.69 bits per heavy atom. The summed E-state index contributed by atoms with van der Waals surface area (Å²) in [6.07, 6.45) is -4.40. The Balaban J connectivity index is 2.50. The van der Waals surface area contributed by atoms with Crippen LogP contribution in [0.2, 0.25) is 5.02 Å². The molecule has 0 aromatic heterocycles. The van der Waals surface area contributed by atoms with Crippen molar-refractivity contribution in [2.24, 2.45) is 0 Å². The van der Waals surface area contributed by atoms with Crippen molar-refractivity contribution in [3.63, 3.8) is 0 Å². The van der Waals surface area contributed by atoms with Crippen molar-refractivity contribution in [2.75, 3.05) is 13.7 Å². The van der Waals surface area contributed by atoms with E-state index in [-0.39, 0.29) is 16.8 Å². The molecule has 0 saturated heterocycles. The van der Waals surface area contributed by atoms with Crippen LogP contribution in [0.3, 0.4) is 0 Å². The first-order valence-corrected chi connectivity index (χ1v) is 5.02. The van der Waals surface area contributed by atoms with Crippen LogP contribution in [0.15, 0.2) is 12.1 Å². The highest BCUT2D eigenvalue weighted by molar-refractivity contribution is 6.31. The normalized spacial score (nSPS) is 19.4. The fourth-order valence-electron chi connectivity index (χ4n) is 1.70. The zero-order valence-corrected chi connectivity index (χ0v) is 9.12. The number of alkyl halides is 3. The van der Waals surface area contributed by atoms with E-state index < -0.39 is 11.7 Å². The van der Waals surface area contributed by atoms with Crippen LogP contribution in [0, 0.1) is 0 Å². The van der Waals surface area contributed by atoms with Gasteiger partial charge in [0.25, 0.3) is 0 Å². The van der Waals surface area contributed by atoms with Crippen molar-refractivity contribution in [2.45, 2.75) is 12.2 Å². The molecule has 0 aliphatic carbocycles. The van der Waals surface area contributed by atoms with Crippen LogP contribution < -0.4 is 10.1 Å². The average molecular weight is 252 g/mol. The first kappa shape index (κ1) is 11.5. The molecule has 1 aromatic rings. The Hall–Kier alpha value is -0.940. The van der Waals surface area contributed by atoms with Crippen LogP contribution in [-0.2, 0) is 6.18 Å². The molecule has 0 unspecified atom stereocenters. The standard InChI is InChI=1S/C10H9ClF3NO/c1-15-7-4-16-8-3-5(10(12,13)14)2-6(11)9(7)8/h2-3,7,15H,4H2,1H3/t7-/m1/s1. The predicted octanol–water partition coefficient (Wildman–Crippen LogP) is 3.01. The maximum atomic E-state index is 12.5. The second-order valence-electron chi connectivity index (χ2n) is 3.52. The summed E-state index contributed by atoms with van der Waals surface area (Å²) in [6, 6.07) is 1.77. The Kier molecular flexibility index (Phi) is 2.75. The molecule has 0 spiro atoms. The first-order chi connectivity index (χ1) is 7.43. The van der Waals surface area contributed by atoms with Gasteiger partial charge >= 0.3 is 6.18 Å². The zero-order valence-electron chi connectivity index (χ0n) is 8.36. The van der Waals surface area contributed by atoms with Crippen molar-refractivity contribution in [3.05, 3.63) is 28.3 Å². The van der Waals surface area contributed by atoms with Crippen molar-refractivity contribution in [1.82, 2.24) is 5.32 Å². The summed E-state index contributed by atoms with van der Waals surface area (Å²) in [5.41, 5.74) is -0.190. The molecule has 0 bridgehead atoms. The molecule has 6 heteroatoms. The number of benzene rings is 1. The molecule has 2 nitrogen and oxygen atoms in total. The van der Waals surface area contributed by atoms with Gasteiger partial charge in [0.05, 0.1) is 11.6 Å². The lowest BCUT2D eigenvalue weighted by Gasteiger charge is -2.11. The second-order valence-corrected chi connectivity index (χ2v) is 3.93. The van der Waals surface area contributed by atoms with E-state index >= 15 is 0 Å². The molecule has 1 N–H and O–H groups in total. The summed E-state index contributed by atoms with van der Waals surface area (Å²) in [4.78, 5) is 0. The summed E-state index contributed by atoms with van der Waals surface area (Å²) in [6.45, 7) is 0.298. The number of hydrogen-bond donors (Lipinski definition) is 1. The fraction of sp³-hybridized carbons (Fsp3) is 0.400. The molecule has 0 fully saturated rings. The summed E-state index contributed by atoms with van der Waals surface area (Å²) >= 11 is 5.83. The summed E-state index contributed by atoms with van der Waals surface area (Å²) < 4.78 is 42.6. The minimum atomic E-state index is -4.40. The number of likely N-dealkylation sites (N-methyl/N-ethyl adjacent to an activating group) is 1. The summed E-state index contributed by atoms with van der Waals surface area (Å²) in [5.74, 6) is 0.208. The Labute approximate surface area is 95.3 Å². The molecule has 1 atom stereocenters. The minimum absolute atomic E-state index is 0.0849. The van der Waals surface area contributed by atoms with Crippen LogP contribution in [0.25, 0.3) is 0 Å². The summed E-state index contributed by atoms with van der Waals surface area (Å²) in [7, 11) is 1.71. The third kappa shape index (κ3) is 1.85. The Morgan fingerprint density at radius 1 is 1.44 bits per heavy atom. The zero-order chi connectivity index (χ0) is 11.9. The van der Waals surface area contributed by atoms with E-state index in [1.807, 2.05) is 0 Å². The van der Waals surface area contributed by atoms with Crippen molar-refractivity contribution >= 4 is 11.6 Å². The molecule has 1 aliphatic heterocycles. The molecule has 1 aliphatic rings. The molecular formula is C10H9ClF3NO. The van der Waals surface area contributed by atoms with Gasteiger partial charge in [0.2, 0.25) is 0 Å². The first-order valence-electron chi connectivity index (χ1n) is 4.64. The van der Waals surface area contributed by atoms with Gasteiger partial charge in [-0.3, -0.25) is 0 Å². The number of hydrogen-bond acceptors (Lipinski definition) is 2. The van der Waals surface area contributed by atoms with Gasteiger partial charge in [0.1, 0.15) is 12.4 Å². The van der Waals surface area contributed by atoms with E-state index in [1.165, 1.54) is 0 Å². The van der Waals surface area contributed by atoms with Crippen LogP contribution in [0.5, 0.6) is 5.75 Å². The van der Waals surface area contributed by atoms with Crippen LogP contribution in [0.1, 0.15) is 17.2 Å². The average Bonchev–Trinajstić information content (AvgIpc) is 2.59. The maximum Gasteiger partial charge on any atom is 0.416 e. The van der Waals surface area contributed by atoms with Gasteiger partial charge in [0.15, 0.2) is 0 Å². The number of ether oxygens (including phenoxy) is 1. The number of fused-ring (bicyclic) bond motifs is 1. The van der Waals surface area contributed by atoms with Crippen LogP contribution in [0.4, 0.5) is 13.2 Å². The monoisotopic (exact) mass is 251 g/mol. The van der Waals surface area contributed by atoms with E-state index in [1.54, 1.807) is 7.05 Å². The third-order valence-corrected chi connectivity index (χ3v) is 2.83. The fourth-order valence-corrected chi connectivity index (χ4v) is 2.04.